The number of nitrogens with zero attached hydrogens (tertiary/aromatic N) is 1. The van der Waals surface area contributed by atoms with Crippen molar-refractivity contribution in [3.8, 4) is 5.69 Å². The largest absolute Gasteiger partial charge is 0.445 e. The van der Waals surface area contributed by atoms with Gasteiger partial charge < -0.3 is 14.6 Å². The molecule has 0 spiro atoms. The van der Waals surface area contributed by atoms with E-state index >= 15 is 0 Å². The molecule has 6 heteroatoms. The lowest BCUT2D eigenvalue weighted by atomic mass is 9.89. The predicted octanol–water partition coefficient (Wildman–Crippen LogP) is 3.73. The van der Waals surface area contributed by atoms with E-state index in [9.17, 15) is 14.0 Å². The van der Waals surface area contributed by atoms with E-state index in [4.69, 9.17) is 4.74 Å². The van der Waals surface area contributed by atoms with E-state index < -0.39 is 23.3 Å². The van der Waals surface area contributed by atoms with Crippen LogP contribution in [0.15, 0.2) is 67.0 Å². The summed E-state index contributed by atoms with van der Waals surface area (Å²) in [7, 11) is 0. The number of esters is 1. The Labute approximate surface area is 155 Å². The number of amides is 1. The average molecular weight is 364 g/mol. The van der Waals surface area contributed by atoms with Gasteiger partial charge in [0.05, 0.1) is 11.3 Å². The first-order valence-electron chi connectivity index (χ1n) is 8.52. The van der Waals surface area contributed by atoms with Crippen molar-refractivity contribution in [2.75, 3.05) is 5.32 Å². The van der Waals surface area contributed by atoms with Gasteiger partial charge in [0, 0.05) is 24.5 Å². The Kier molecular flexibility index (Phi) is 4.03. The molecule has 27 heavy (non-hydrogen) atoms. The molecule has 5 nitrogen and oxygen atoms in total. The van der Waals surface area contributed by atoms with Crippen molar-refractivity contribution in [3.05, 3.63) is 83.9 Å². The molecule has 3 aromatic rings. The molecule has 0 saturated carbocycles. The van der Waals surface area contributed by atoms with E-state index in [0.29, 0.717) is 11.3 Å². The third kappa shape index (κ3) is 3.10. The van der Waals surface area contributed by atoms with Crippen LogP contribution in [0.25, 0.3) is 5.69 Å². The number of halogens is 1. The van der Waals surface area contributed by atoms with Crippen molar-refractivity contribution in [2.45, 2.75) is 18.9 Å². The van der Waals surface area contributed by atoms with Crippen LogP contribution in [0.4, 0.5) is 10.1 Å². The van der Waals surface area contributed by atoms with Crippen LogP contribution < -0.4 is 5.32 Å². The Morgan fingerprint density at radius 1 is 1.15 bits per heavy atom. The van der Waals surface area contributed by atoms with E-state index in [1.807, 2.05) is 24.5 Å². The molecule has 1 aromatic heterocycles. The SMILES string of the molecule is CC1(C(=O)Nc2cc(-n3cccc3)ccc2F)Cc2ccccc2C(=O)O1. The molecule has 1 atom stereocenters. The topological polar surface area (TPSA) is 60.3 Å². The summed E-state index contributed by atoms with van der Waals surface area (Å²) >= 11 is 0. The minimum Gasteiger partial charge on any atom is -0.445 e. The third-order valence-electron chi connectivity index (χ3n) is 4.66. The summed E-state index contributed by atoms with van der Waals surface area (Å²) in [4.78, 5) is 25.1. The van der Waals surface area contributed by atoms with Gasteiger partial charge in [-0.2, -0.15) is 0 Å². The van der Waals surface area contributed by atoms with Crippen LogP contribution >= 0.6 is 0 Å². The highest BCUT2D eigenvalue weighted by Crippen LogP contribution is 2.30. The maximum atomic E-state index is 14.2. The monoisotopic (exact) mass is 364 g/mol. The first-order valence-corrected chi connectivity index (χ1v) is 8.52. The van der Waals surface area contributed by atoms with Gasteiger partial charge in [-0.3, -0.25) is 4.79 Å². The van der Waals surface area contributed by atoms with Crippen LogP contribution in [-0.4, -0.2) is 22.0 Å². The van der Waals surface area contributed by atoms with E-state index in [-0.39, 0.29) is 12.1 Å². The average Bonchev–Trinajstić information content (AvgIpc) is 3.18. The molecule has 0 bridgehead atoms. The number of carbonyl (C=O) groups is 2. The first-order chi connectivity index (χ1) is 13.0. The van der Waals surface area contributed by atoms with Crippen molar-refractivity contribution in [1.29, 1.82) is 0 Å². The minimum atomic E-state index is -1.42. The number of nitrogens with one attached hydrogen (secondary N) is 1. The summed E-state index contributed by atoms with van der Waals surface area (Å²) in [6.07, 6.45) is 3.86. The van der Waals surface area contributed by atoms with Gasteiger partial charge in [-0.25, -0.2) is 9.18 Å². The lowest BCUT2D eigenvalue weighted by Crippen LogP contribution is -2.49. The quantitative estimate of drug-likeness (QED) is 0.721. The van der Waals surface area contributed by atoms with Crippen molar-refractivity contribution in [3.63, 3.8) is 0 Å². The second kappa shape index (κ2) is 6.39. The third-order valence-corrected chi connectivity index (χ3v) is 4.66. The molecular weight excluding hydrogens is 347 g/mol. The van der Waals surface area contributed by atoms with Crippen LogP contribution in [-0.2, 0) is 16.0 Å². The summed E-state index contributed by atoms with van der Waals surface area (Å²) in [6.45, 7) is 1.53. The molecular formula is C21H17FN2O3. The Bertz CT molecular complexity index is 1030. The zero-order valence-corrected chi connectivity index (χ0v) is 14.6. The number of hydrogen-bond donors (Lipinski definition) is 1. The normalized spacial score (nSPS) is 18.5. The highest BCUT2D eigenvalue weighted by Gasteiger charge is 2.42. The number of carbonyl (C=O) groups excluding carboxylic acids is 2. The molecule has 1 amide bonds. The second-order valence-electron chi connectivity index (χ2n) is 6.66. The van der Waals surface area contributed by atoms with Gasteiger partial charge in [0.1, 0.15) is 5.82 Å². The van der Waals surface area contributed by atoms with Gasteiger partial charge >= 0.3 is 5.97 Å². The van der Waals surface area contributed by atoms with Crippen LogP contribution in [0.1, 0.15) is 22.8 Å². The Balaban J connectivity index is 1.61. The fourth-order valence-corrected chi connectivity index (χ4v) is 3.19. The number of fused-ring (bicyclic) bond motifs is 1. The number of benzene rings is 2. The van der Waals surface area contributed by atoms with E-state index in [2.05, 4.69) is 5.32 Å². The molecule has 0 fully saturated rings. The number of ether oxygens (including phenoxy) is 1. The molecule has 1 N–H and O–H groups in total. The molecule has 4 rings (SSSR count). The second-order valence-corrected chi connectivity index (χ2v) is 6.66. The summed E-state index contributed by atoms with van der Waals surface area (Å²) in [5.74, 6) is -1.70. The Morgan fingerprint density at radius 3 is 2.67 bits per heavy atom. The lowest BCUT2D eigenvalue weighted by Gasteiger charge is -2.33. The fourth-order valence-electron chi connectivity index (χ4n) is 3.19. The molecule has 136 valence electrons. The zero-order valence-electron chi connectivity index (χ0n) is 14.6. The maximum absolute atomic E-state index is 14.2. The van der Waals surface area contributed by atoms with E-state index in [0.717, 1.165) is 5.56 Å². The molecule has 0 aliphatic carbocycles. The lowest BCUT2D eigenvalue weighted by molar-refractivity contribution is -0.134. The van der Waals surface area contributed by atoms with Gasteiger partial charge in [0.25, 0.3) is 5.91 Å². The highest BCUT2D eigenvalue weighted by molar-refractivity contribution is 6.02. The Morgan fingerprint density at radius 2 is 1.89 bits per heavy atom. The number of aromatic nitrogens is 1. The number of anilines is 1. The first kappa shape index (κ1) is 17.0. The fraction of sp³-hybridized carbons (Fsp3) is 0.143. The molecule has 0 radical (unpaired) electrons. The van der Waals surface area contributed by atoms with Crippen molar-refractivity contribution >= 4 is 17.6 Å². The highest BCUT2D eigenvalue weighted by atomic mass is 19.1. The minimum absolute atomic E-state index is 0.0299. The number of cyclic esters (lactones) is 1. The van der Waals surface area contributed by atoms with Crippen LogP contribution in [0, 0.1) is 5.82 Å². The zero-order chi connectivity index (χ0) is 19.0. The van der Waals surface area contributed by atoms with Crippen LogP contribution in [0.5, 0.6) is 0 Å². The molecule has 1 aliphatic rings. The maximum Gasteiger partial charge on any atom is 0.339 e. The number of hydrogen-bond acceptors (Lipinski definition) is 3. The summed E-state index contributed by atoms with van der Waals surface area (Å²) in [6, 6.07) is 15.1. The van der Waals surface area contributed by atoms with Crippen molar-refractivity contribution in [1.82, 2.24) is 4.57 Å². The van der Waals surface area contributed by atoms with E-state index in [1.165, 1.54) is 19.1 Å². The molecule has 2 aromatic carbocycles. The van der Waals surface area contributed by atoms with Crippen LogP contribution in [0.3, 0.4) is 0 Å². The van der Waals surface area contributed by atoms with Gasteiger partial charge in [-0.1, -0.05) is 18.2 Å². The standard InChI is InChI=1S/C21H17FN2O3/c1-21(13-14-6-2-3-7-16(14)19(25)27-21)20(26)23-18-12-15(8-9-17(18)22)24-10-4-5-11-24/h2-12H,13H2,1H3,(H,23,26). The van der Waals surface area contributed by atoms with Gasteiger partial charge in [0.15, 0.2) is 5.60 Å². The van der Waals surface area contributed by atoms with Crippen LogP contribution in [0.2, 0.25) is 0 Å². The predicted molar refractivity (Wildman–Crippen MR) is 98.3 cm³/mol. The smallest absolute Gasteiger partial charge is 0.339 e. The summed E-state index contributed by atoms with van der Waals surface area (Å²) in [5.41, 5.74) is 0.494. The number of rotatable bonds is 3. The van der Waals surface area contributed by atoms with Gasteiger partial charge in [0.2, 0.25) is 0 Å². The van der Waals surface area contributed by atoms with Crippen molar-refractivity contribution < 1.29 is 18.7 Å². The molecule has 1 unspecified atom stereocenters. The Hall–Kier alpha value is -3.41. The van der Waals surface area contributed by atoms with Gasteiger partial charge in [-0.05, 0) is 48.9 Å². The molecule has 0 saturated heterocycles. The summed E-state index contributed by atoms with van der Waals surface area (Å²) < 4.78 is 21.4. The van der Waals surface area contributed by atoms with E-state index in [1.54, 1.807) is 34.9 Å². The van der Waals surface area contributed by atoms with Crippen molar-refractivity contribution in [2.24, 2.45) is 0 Å². The summed E-state index contributed by atoms with van der Waals surface area (Å²) in [5, 5.41) is 2.57. The molecule has 1 aliphatic heterocycles. The van der Waals surface area contributed by atoms with Gasteiger partial charge in [-0.15, -0.1) is 0 Å². The molecule has 2 heterocycles.